The molecule has 1 N–H and O–H groups in total. The number of aromatic nitrogens is 2. The van der Waals surface area contributed by atoms with Crippen LogP contribution in [0.1, 0.15) is 37.3 Å². The number of nitrogens with one attached hydrogen (secondary N) is 1. The summed E-state index contributed by atoms with van der Waals surface area (Å²) in [5.74, 6) is 0.993. The molecule has 0 amide bonds. The van der Waals surface area contributed by atoms with E-state index in [-0.39, 0.29) is 0 Å². The summed E-state index contributed by atoms with van der Waals surface area (Å²) < 4.78 is 1.96. The highest BCUT2D eigenvalue weighted by Crippen LogP contribution is 2.36. The van der Waals surface area contributed by atoms with Crippen molar-refractivity contribution in [3.8, 4) is 0 Å². The number of hydrogen-bond acceptors (Lipinski definition) is 2. The fourth-order valence-electron chi connectivity index (χ4n) is 2.49. The second-order valence-electron chi connectivity index (χ2n) is 4.99. The molecule has 0 spiro atoms. The minimum Gasteiger partial charge on any atom is -0.313 e. The number of fused-ring (bicyclic) bond motifs is 1. The minimum atomic E-state index is 0.440. The molecule has 3 heteroatoms. The molecule has 1 saturated carbocycles. The van der Waals surface area contributed by atoms with Gasteiger partial charge in [-0.1, -0.05) is 18.9 Å². The molecule has 0 bridgehead atoms. The number of nitrogens with zero attached hydrogens (tertiary/aromatic N) is 2. The monoisotopic (exact) mass is 229 g/mol. The number of rotatable bonds is 5. The minimum absolute atomic E-state index is 0.440. The van der Waals surface area contributed by atoms with Crippen LogP contribution in [0.25, 0.3) is 5.52 Å². The van der Waals surface area contributed by atoms with Gasteiger partial charge in [0.15, 0.2) is 0 Å². The standard InChI is InChI=1S/C14H19N3/c1-15-13(8-7-11-5-6-11)12-10-16-17-9-3-2-4-14(12)17/h2-4,9-11,13,15H,5-8H2,1H3. The molecule has 1 atom stereocenters. The van der Waals surface area contributed by atoms with E-state index in [1.807, 2.05) is 30.0 Å². The van der Waals surface area contributed by atoms with Gasteiger partial charge in [-0.05, 0) is 37.9 Å². The molecule has 90 valence electrons. The third-order valence-corrected chi connectivity index (χ3v) is 3.74. The summed E-state index contributed by atoms with van der Waals surface area (Å²) in [7, 11) is 2.05. The van der Waals surface area contributed by atoms with Crippen molar-refractivity contribution in [3.05, 3.63) is 36.2 Å². The predicted octanol–water partition coefficient (Wildman–Crippen LogP) is 2.79. The zero-order valence-electron chi connectivity index (χ0n) is 10.3. The maximum atomic E-state index is 4.41. The SMILES string of the molecule is CNC(CCC1CC1)c1cnn2ccccc12. The molecule has 3 rings (SSSR count). The molecule has 1 fully saturated rings. The highest BCUT2D eigenvalue weighted by Gasteiger charge is 2.23. The van der Waals surface area contributed by atoms with Crippen LogP contribution >= 0.6 is 0 Å². The van der Waals surface area contributed by atoms with Gasteiger partial charge in [0, 0.05) is 17.8 Å². The van der Waals surface area contributed by atoms with E-state index in [4.69, 9.17) is 0 Å². The van der Waals surface area contributed by atoms with Gasteiger partial charge >= 0.3 is 0 Å². The fourth-order valence-corrected chi connectivity index (χ4v) is 2.49. The summed E-state index contributed by atoms with van der Waals surface area (Å²) >= 11 is 0. The van der Waals surface area contributed by atoms with E-state index in [2.05, 4.69) is 22.5 Å². The van der Waals surface area contributed by atoms with Gasteiger partial charge in [-0.2, -0.15) is 5.10 Å². The van der Waals surface area contributed by atoms with E-state index in [0.717, 1.165) is 5.92 Å². The van der Waals surface area contributed by atoms with Crippen molar-refractivity contribution < 1.29 is 0 Å². The average Bonchev–Trinajstić information content (AvgIpc) is 3.10. The van der Waals surface area contributed by atoms with Crippen LogP contribution in [0, 0.1) is 5.92 Å². The molecule has 2 aromatic rings. The molecule has 17 heavy (non-hydrogen) atoms. The van der Waals surface area contributed by atoms with Crippen LogP contribution in [0.3, 0.4) is 0 Å². The Labute approximate surface area is 102 Å². The normalized spacial score (nSPS) is 17.5. The lowest BCUT2D eigenvalue weighted by atomic mass is 10.0. The largest absolute Gasteiger partial charge is 0.313 e. The van der Waals surface area contributed by atoms with E-state index in [9.17, 15) is 0 Å². The van der Waals surface area contributed by atoms with Crippen LogP contribution < -0.4 is 5.32 Å². The number of pyridine rings is 1. The van der Waals surface area contributed by atoms with Gasteiger partial charge < -0.3 is 5.32 Å². The fraction of sp³-hybridized carbons (Fsp3) is 0.500. The molecule has 2 aromatic heterocycles. The smallest absolute Gasteiger partial charge is 0.0709 e. The molecular formula is C14H19N3. The Morgan fingerprint density at radius 1 is 1.47 bits per heavy atom. The van der Waals surface area contributed by atoms with Crippen molar-refractivity contribution in [1.82, 2.24) is 14.9 Å². The highest BCUT2D eigenvalue weighted by atomic mass is 15.2. The highest BCUT2D eigenvalue weighted by molar-refractivity contribution is 5.54. The molecule has 1 aliphatic rings. The third kappa shape index (κ3) is 2.20. The van der Waals surface area contributed by atoms with Crippen molar-refractivity contribution in [1.29, 1.82) is 0 Å². The Bertz CT molecular complexity index is 499. The first kappa shape index (κ1) is 10.8. The van der Waals surface area contributed by atoms with Crippen LogP contribution in [0.2, 0.25) is 0 Å². The summed E-state index contributed by atoms with van der Waals surface area (Å²) in [6, 6.07) is 6.68. The quantitative estimate of drug-likeness (QED) is 0.854. The topological polar surface area (TPSA) is 29.3 Å². The lowest BCUT2D eigenvalue weighted by Gasteiger charge is -2.14. The third-order valence-electron chi connectivity index (χ3n) is 3.74. The maximum absolute atomic E-state index is 4.41. The molecule has 0 saturated heterocycles. The lowest BCUT2D eigenvalue weighted by molar-refractivity contribution is 0.509. The second-order valence-corrected chi connectivity index (χ2v) is 4.99. The first-order valence-corrected chi connectivity index (χ1v) is 6.48. The van der Waals surface area contributed by atoms with E-state index < -0.39 is 0 Å². The average molecular weight is 229 g/mol. The Balaban J connectivity index is 1.83. The van der Waals surface area contributed by atoms with Gasteiger partial charge in [0.2, 0.25) is 0 Å². The van der Waals surface area contributed by atoms with Crippen LogP contribution in [-0.4, -0.2) is 16.7 Å². The summed E-state index contributed by atoms with van der Waals surface area (Å²) in [4.78, 5) is 0. The molecule has 2 heterocycles. The second kappa shape index (κ2) is 4.49. The van der Waals surface area contributed by atoms with Gasteiger partial charge in [0.25, 0.3) is 0 Å². The van der Waals surface area contributed by atoms with Gasteiger partial charge in [0.1, 0.15) is 0 Å². The molecular weight excluding hydrogens is 210 g/mol. The summed E-state index contributed by atoms with van der Waals surface area (Å²) in [5.41, 5.74) is 2.55. The zero-order valence-corrected chi connectivity index (χ0v) is 10.3. The van der Waals surface area contributed by atoms with Crippen molar-refractivity contribution in [2.75, 3.05) is 7.05 Å². The van der Waals surface area contributed by atoms with Crippen molar-refractivity contribution >= 4 is 5.52 Å². The van der Waals surface area contributed by atoms with Crippen molar-refractivity contribution in [2.24, 2.45) is 5.92 Å². The summed E-state index contributed by atoms with van der Waals surface area (Å²) in [6.07, 6.45) is 9.44. The van der Waals surface area contributed by atoms with Crippen molar-refractivity contribution in [2.45, 2.75) is 31.7 Å². The van der Waals surface area contributed by atoms with Crippen LogP contribution in [0.5, 0.6) is 0 Å². The van der Waals surface area contributed by atoms with Gasteiger partial charge in [-0.25, -0.2) is 4.52 Å². The molecule has 0 aliphatic heterocycles. The molecule has 0 aromatic carbocycles. The van der Waals surface area contributed by atoms with E-state index in [1.54, 1.807) is 0 Å². The molecule has 1 unspecified atom stereocenters. The first-order chi connectivity index (χ1) is 8.38. The Morgan fingerprint density at radius 2 is 2.35 bits per heavy atom. The van der Waals surface area contributed by atoms with E-state index in [0.29, 0.717) is 6.04 Å². The first-order valence-electron chi connectivity index (χ1n) is 6.48. The summed E-state index contributed by atoms with van der Waals surface area (Å²) in [6.45, 7) is 0. The van der Waals surface area contributed by atoms with E-state index in [1.165, 1.54) is 36.8 Å². The van der Waals surface area contributed by atoms with Crippen LogP contribution in [-0.2, 0) is 0 Å². The number of hydrogen-bond donors (Lipinski definition) is 1. The van der Waals surface area contributed by atoms with Gasteiger partial charge in [-0.15, -0.1) is 0 Å². The van der Waals surface area contributed by atoms with Gasteiger partial charge in [0.05, 0.1) is 11.7 Å². The molecule has 3 nitrogen and oxygen atoms in total. The molecule has 1 aliphatic carbocycles. The van der Waals surface area contributed by atoms with Crippen LogP contribution in [0.4, 0.5) is 0 Å². The Hall–Kier alpha value is -1.35. The van der Waals surface area contributed by atoms with Gasteiger partial charge in [-0.3, -0.25) is 0 Å². The summed E-state index contributed by atoms with van der Waals surface area (Å²) in [5, 5.41) is 7.83. The van der Waals surface area contributed by atoms with E-state index >= 15 is 0 Å². The van der Waals surface area contributed by atoms with Crippen molar-refractivity contribution in [3.63, 3.8) is 0 Å². The Morgan fingerprint density at radius 3 is 3.12 bits per heavy atom. The maximum Gasteiger partial charge on any atom is 0.0709 e. The Kier molecular flexibility index (Phi) is 2.85. The predicted molar refractivity (Wildman–Crippen MR) is 69.0 cm³/mol. The lowest BCUT2D eigenvalue weighted by Crippen LogP contribution is -2.16. The van der Waals surface area contributed by atoms with Crippen LogP contribution in [0.15, 0.2) is 30.6 Å². The molecule has 0 radical (unpaired) electrons. The zero-order chi connectivity index (χ0) is 11.7.